The van der Waals surface area contributed by atoms with Crippen LogP contribution in [0.2, 0.25) is 0 Å². The molecule has 0 aliphatic heterocycles. The van der Waals surface area contributed by atoms with Crippen molar-refractivity contribution >= 4 is 29.0 Å². The van der Waals surface area contributed by atoms with Gasteiger partial charge in [0.2, 0.25) is 0 Å². The highest BCUT2D eigenvalue weighted by Crippen LogP contribution is 2.22. The summed E-state index contributed by atoms with van der Waals surface area (Å²) < 4.78 is 0.905. The number of carbonyl (C=O) groups excluding carboxylic acids is 1. The number of nitrogens with one attached hydrogen (secondary N) is 1. The van der Waals surface area contributed by atoms with E-state index in [9.17, 15) is 4.79 Å². The van der Waals surface area contributed by atoms with Gasteiger partial charge in [0.25, 0.3) is 5.91 Å². The highest BCUT2D eigenvalue weighted by Gasteiger charge is 2.17. The van der Waals surface area contributed by atoms with E-state index in [0.29, 0.717) is 18.7 Å². The van der Waals surface area contributed by atoms with Crippen LogP contribution >= 0.6 is 23.1 Å². The summed E-state index contributed by atoms with van der Waals surface area (Å²) in [5.74, 6) is 0.691. The van der Waals surface area contributed by atoms with Crippen LogP contribution < -0.4 is 5.32 Å². The molecule has 0 saturated heterocycles. The molecule has 0 aromatic carbocycles. The Labute approximate surface area is 138 Å². The number of thioether (sulfide) groups is 1. The van der Waals surface area contributed by atoms with Crippen LogP contribution in [0, 0.1) is 6.92 Å². The van der Waals surface area contributed by atoms with Crippen LogP contribution in [0.4, 0.5) is 0 Å². The minimum absolute atomic E-state index is 0.130. The fourth-order valence-corrected chi connectivity index (χ4v) is 3.87. The van der Waals surface area contributed by atoms with E-state index in [-0.39, 0.29) is 5.91 Å². The average molecular weight is 334 g/mol. The third-order valence-corrected chi connectivity index (χ3v) is 5.57. The number of fused-ring (bicyclic) bond motifs is 1. The summed E-state index contributed by atoms with van der Waals surface area (Å²) in [7, 11) is 0. The van der Waals surface area contributed by atoms with Gasteiger partial charge in [-0.25, -0.2) is 15.0 Å². The molecule has 3 rings (SSSR count). The minimum atomic E-state index is -0.130. The van der Waals surface area contributed by atoms with Crippen molar-refractivity contribution in [2.45, 2.75) is 36.9 Å². The number of hydrogen-bond donors (Lipinski definition) is 1. The van der Waals surface area contributed by atoms with Crippen LogP contribution in [0.25, 0.3) is 0 Å². The lowest BCUT2D eigenvalue weighted by molar-refractivity contribution is 0.0949. The molecule has 7 heteroatoms. The Bertz CT molecular complexity index is 699. The summed E-state index contributed by atoms with van der Waals surface area (Å²) in [6.07, 6.45) is 5.92. The van der Waals surface area contributed by atoms with Gasteiger partial charge in [-0.2, -0.15) is 0 Å². The quantitative estimate of drug-likeness (QED) is 0.851. The number of rotatable bonds is 5. The summed E-state index contributed by atoms with van der Waals surface area (Å²) in [6, 6.07) is 0. The first kappa shape index (κ1) is 15.4. The van der Waals surface area contributed by atoms with Crippen molar-refractivity contribution in [1.82, 2.24) is 20.3 Å². The van der Waals surface area contributed by atoms with E-state index in [1.165, 1.54) is 29.0 Å². The molecule has 2 heterocycles. The molecule has 1 N–H and O–H groups in total. The number of carbonyl (C=O) groups is 1. The number of hydrogen-bond acceptors (Lipinski definition) is 6. The average Bonchev–Trinajstić information content (AvgIpc) is 3.16. The molecule has 0 atom stereocenters. The lowest BCUT2D eigenvalue weighted by Gasteiger charge is -2.07. The lowest BCUT2D eigenvalue weighted by Crippen LogP contribution is -2.26. The Morgan fingerprint density at radius 3 is 3.00 bits per heavy atom. The molecule has 1 aliphatic carbocycles. The Kier molecular flexibility index (Phi) is 4.73. The van der Waals surface area contributed by atoms with Crippen molar-refractivity contribution in [1.29, 1.82) is 0 Å². The van der Waals surface area contributed by atoms with Crippen molar-refractivity contribution in [3.63, 3.8) is 0 Å². The second-order valence-corrected chi connectivity index (χ2v) is 7.12. The van der Waals surface area contributed by atoms with Crippen LogP contribution in [0.5, 0.6) is 0 Å². The highest BCUT2D eigenvalue weighted by molar-refractivity contribution is 8.00. The maximum Gasteiger partial charge on any atom is 0.270 e. The number of amides is 1. The van der Waals surface area contributed by atoms with E-state index in [4.69, 9.17) is 0 Å². The second kappa shape index (κ2) is 6.75. The summed E-state index contributed by atoms with van der Waals surface area (Å²) in [5, 5.41) is 4.68. The van der Waals surface area contributed by atoms with Crippen molar-refractivity contribution in [3.05, 3.63) is 33.8 Å². The van der Waals surface area contributed by atoms with Gasteiger partial charge in [-0.05, 0) is 38.0 Å². The van der Waals surface area contributed by atoms with Gasteiger partial charge in [0.1, 0.15) is 15.9 Å². The van der Waals surface area contributed by atoms with Crippen molar-refractivity contribution in [3.8, 4) is 0 Å². The number of nitrogens with zero attached hydrogens (tertiary/aromatic N) is 3. The largest absolute Gasteiger partial charge is 0.350 e. The summed E-state index contributed by atoms with van der Waals surface area (Å²) in [6.45, 7) is 2.58. The standard InChI is InChI=1S/C15H18N4OS2/c1-9-10-4-3-5-11(10)18-13(17-9)6-7-16-14(20)12-8-22-15(19-12)21-2/h8H,3-7H2,1-2H3,(H,16,20). The molecule has 116 valence electrons. The molecule has 0 bridgehead atoms. The van der Waals surface area contributed by atoms with Gasteiger partial charge in [-0.3, -0.25) is 4.79 Å². The first-order chi connectivity index (χ1) is 10.7. The zero-order valence-corrected chi connectivity index (χ0v) is 14.3. The third-order valence-electron chi connectivity index (χ3n) is 3.71. The van der Waals surface area contributed by atoms with Gasteiger partial charge in [0, 0.05) is 29.7 Å². The van der Waals surface area contributed by atoms with Gasteiger partial charge < -0.3 is 5.32 Å². The van der Waals surface area contributed by atoms with E-state index in [2.05, 4.69) is 20.3 Å². The molecule has 5 nitrogen and oxygen atoms in total. The summed E-state index contributed by atoms with van der Waals surface area (Å²) >= 11 is 3.04. The first-order valence-corrected chi connectivity index (χ1v) is 9.41. The van der Waals surface area contributed by atoms with Crippen LogP contribution in [0.15, 0.2) is 9.72 Å². The third kappa shape index (κ3) is 3.30. The Morgan fingerprint density at radius 1 is 1.36 bits per heavy atom. The molecule has 0 fully saturated rings. The van der Waals surface area contributed by atoms with E-state index in [1.54, 1.807) is 17.1 Å². The molecule has 0 saturated carbocycles. The Hall–Kier alpha value is -1.47. The smallest absolute Gasteiger partial charge is 0.270 e. The number of thiazole rings is 1. The molecular weight excluding hydrogens is 316 g/mol. The highest BCUT2D eigenvalue weighted by atomic mass is 32.2. The second-order valence-electron chi connectivity index (χ2n) is 5.21. The Morgan fingerprint density at radius 2 is 2.23 bits per heavy atom. The van der Waals surface area contributed by atoms with Crippen LogP contribution in [0.1, 0.15) is 39.7 Å². The first-order valence-electron chi connectivity index (χ1n) is 7.30. The molecule has 0 spiro atoms. The Balaban J connectivity index is 1.57. The minimum Gasteiger partial charge on any atom is -0.350 e. The molecule has 1 amide bonds. The topological polar surface area (TPSA) is 67.8 Å². The SMILES string of the molecule is CSc1nc(C(=O)NCCc2nc(C)c3c(n2)CCC3)cs1. The molecule has 1 aliphatic rings. The van der Waals surface area contributed by atoms with E-state index >= 15 is 0 Å². The molecular formula is C15H18N4OS2. The predicted octanol–water partition coefficient (Wildman–Crippen LogP) is 2.42. The number of aromatic nitrogens is 3. The molecule has 22 heavy (non-hydrogen) atoms. The van der Waals surface area contributed by atoms with Crippen LogP contribution in [-0.2, 0) is 19.3 Å². The lowest BCUT2D eigenvalue weighted by atomic mass is 10.2. The van der Waals surface area contributed by atoms with Crippen LogP contribution in [-0.4, -0.2) is 33.7 Å². The van der Waals surface area contributed by atoms with Gasteiger partial charge >= 0.3 is 0 Å². The van der Waals surface area contributed by atoms with Crippen molar-refractivity contribution < 1.29 is 4.79 Å². The maximum absolute atomic E-state index is 12.0. The van der Waals surface area contributed by atoms with Gasteiger partial charge in [-0.1, -0.05) is 11.8 Å². The van der Waals surface area contributed by atoms with Crippen molar-refractivity contribution in [2.75, 3.05) is 12.8 Å². The fraction of sp³-hybridized carbons (Fsp3) is 0.467. The van der Waals surface area contributed by atoms with E-state index in [0.717, 1.165) is 28.7 Å². The summed E-state index contributed by atoms with van der Waals surface area (Å²) in [5.41, 5.74) is 4.09. The van der Waals surface area contributed by atoms with Crippen molar-refractivity contribution in [2.24, 2.45) is 0 Å². The monoisotopic (exact) mass is 334 g/mol. The van der Waals surface area contributed by atoms with Crippen LogP contribution in [0.3, 0.4) is 0 Å². The fourth-order valence-electron chi connectivity index (χ4n) is 2.63. The van der Waals surface area contributed by atoms with Gasteiger partial charge in [0.15, 0.2) is 0 Å². The normalized spacial score (nSPS) is 13.2. The molecule has 0 radical (unpaired) electrons. The number of aryl methyl sites for hydroxylation is 2. The van der Waals surface area contributed by atoms with Gasteiger partial charge in [-0.15, -0.1) is 11.3 Å². The molecule has 0 unspecified atom stereocenters. The maximum atomic E-state index is 12.0. The molecule has 2 aromatic rings. The van der Waals surface area contributed by atoms with E-state index in [1.807, 2.05) is 13.2 Å². The predicted molar refractivity (Wildman–Crippen MR) is 88.7 cm³/mol. The van der Waals surface area contributed by atoms with E-state index < -0.39 is 0 Å². The van der Waals surface area contributed by atoms with Gasteiger partial charge in [0.05, 0.1) is 0 Å². The molecule has 2 aromatic heterocycles. The summed E-state index contributed by atoms with van der Waals surface area (Å²) in [4.78, 5) is 25.4. The zero-order valence-electron chi connectivity index (χ0n) is 12.7. The zero-order chi connectivity index (χ0) is 15.5.